The predicted octanol–water partition coefficient (Wildman–Crippen LogP) is 12.5. The van der Waals surface area contributed by atoms with Crippen molar-refractivity contribution in [2.75, 3.05) is 26.7 Å². The fourth-order valence-corrected chi connectivity index (χ4v) is 6.28. The third kappa shape index (κ3) is 37.6. The van der Waals surface area contributed by atoms with Crippen molar-refractivity contribution in [3.8, 4) is 0 Å². The second-order valence-corrected chi connectivity index (χ2v) is 14.1. The molecule has 0 bridgehead atoms. The molecule has 0 saturated heterocycles. The summed E-state index contributed by atoms with van der Waals surface area (Å²) in [6.07, 6.45) is 38.6. The highest BCUT2D eigenvalue weighted by atomic mass is 19.4. The van der Waals surface area contributed by atoms with Crippen molar-refractivity contribution in [3.05, 3.63) is 0 Å². The van der Waals surface area contributed by atoms with Crippen LogP contribution in [0.1, 0.15) is 213 Å². The number of carbonyl (C=O) groups is 1. The molecular weight excluding hydrogens is 571 g/mol. The molecule has 0 rings (SSSR count). The summed E-state index contributed by atoms with van der Waals surface area (Å²) < 4.78 is 32.9. The lowest BCUT2D eigenvalue weighted by molar-refractivity contribution is -0.910. The average Bonchev–Trinajstić information content (AvgIpc) is 3.00. The summed E-state index contributed by atoms with van der Waals surface area (Å²) in [7, 11) is 2.61. The molecule has 0 aliphatic carbocycles. The molecule has 0 aromatic carbocycles. The molecule has 45 heavy (non-hydrogen) atoms. The van der Waals surface area contributed by atoms with Crippen LogP contribution < -0.4 is 5.11 Å². The van der Waals surface area contributed by atoms with Crippen molar-refractivity contribution in [3.63, 3.8) is 0 Å². The first-order valence-electron chi connectivity index (χ1n) is 19.7. The van der Waals surface area contributed by atoms with Crippen molar-refractivity contribution in [2.45, 2.75) is 220 Å². The monoisotopic (exact) mass is 650 g/mol. The minimum atomic E-state index is -5.19. The normalized spacial score (nSPS) is 11.9. The highest BCUT2D eigenvalue weighted by Gasteiger charge is 2.28. The SMILES string of the molecule is CCCCCCCCCCCC[N+](C)(CCCCCCCCCCCC)CCCCCCCCCCCC.O=C([O-])C(F)(F)F. The van der Waals surface area contributed by atoms with E-state index in [2.05, 4.69) is 27.8 Å². The van der Waals surface area contributed by atoms with Gasteiger partial charge in [-0.2, -0.15) is 13.2 Å². The first kappa shape index (κ1) is 46.3. The zero-order chi connectivity index (χ0) is 33.9. The molecule has 0 amide bonds. The average molecular weight is 650 g/mol. The summed E-state index contributed by atoms with van der Waals surface area (Å²) in [6, 6.07) is 0. The summed E-state index contributed by atoms with van der Waals surface area (Å²) in [5.74, 6) is -3.01. The molecule has 0 aromatic heterocycles. The van der Waals surface area contributed by atoms with Gasteiger partial charge < -0.3 is 14.4 Å². The molecule has 0 aromatic rings. The van der Waals surface area contributed by atoms with Crippen LogP contribution in [0.5, 0.6) is 0 Å². The summed E-state index contributed by atoms with van der Waals surface area (Å²) >= 11 is 0. The van der Waals surface area contributed by atoms with Gasteiger partial charge in [-0.3, -0.25) is 0 Å². The van der Waals surface area contributed by atoms with Crippen LogP contribution in [-0.2, 0) is 4.79 Å². The largest absolute Gasteiger partial charge is 0.542 e. The van der Waals surface area contributed by atoms with E-state index >= 15 is 0 Å². The number of hydrogen-bond donors (Lipinski definition) is 0. The Bertz CT molecular complexity index is 538. The van der Waals surface area contributed by atoms with E-state index in [0.717, 1.165) is 0 Å². The molecule has 0 unspecified atom stereocenters. The Kier molecular flexibility index (Phi) is 35.6. The van der Waals surface area contributed by atoms with Crippen LogP contribution in [0.25, 0.3) is 0 Å². The number of aliphatic carboxylic acids is 1. The van der Waals surface area contributed by atoms with Crippen LogP contribution in [0.2, 0.25) is 0 Å². The molecule has 6 heteroatoms. The van der Waals surface area contributed by atoms with E-state index in [1.165, 1.54) is 217 Å². The van der Waals surface area contributed by atoms with E-state index in [9.17, 15) is 13.2 Å². The van der Waals surface area contributed by atoms with Crippen molar-refractivity contribution in [1.29, 1.82) is 0 Å². The molecular formula is C39H78F3NO2. The van der Waals surface area contributed by atoms with Crippen LogP contribution in [0.4, 0.5) is 13.2 Å². The zero-order valence-corrected chi connectivity index (χ0v) is 30.7. The van der Waals surface area contributed by atoms with Gasteiger partial charge in [0, 0.05) is 0 Å². The van der Waals surface area contributed by atoms with Crippen LogP contribution in [-0.4, -0.2) is 43.3 Å². The number of halogens is 3. The van der Waals surface area contributed by atoms with Crippen LogP contribution >= 0.6 is 0 Å². The Hall–Kier alpha value is -0.780. The van der Waals surface area contributed by atoms with Crippen LogP contribution in [0.15, 0.2) is 0 Å². The second kappa shape index (κ2) is 34.6. The number of nitrogens with zero attached hydrogens (tertiary/aromatic N) is 1. The lowest BCUT2D eigenvalue weighted by Crippen LogP contribution is -2.46. The quantitative estimate of drug-likeness (QED) is 0.0524. The number of rotatable bonds is 33. The van der Waals surface area contributed by atoms with Gasteiger partial charge >= 0.3 is 6.18 Å². The van der Waals surface area contributed by atoms with E-state index in [1.54, 1.807) is 0 Å². The number of hydrogen-bond acceptors (Lipinski definition) is 2. The molecule has 0 fully saturated rings. The maximum absolute atomic E-state index is 10.5. The van der Waals surface area contributed by atoms with E-state index in [-0.39, 0.29) is 0 Å². The Balaban J connectivity index is 0. The van der Waals surface area contributed by atoms with Gasteiger partial charge in [0.25, 0.3) is 0 Å². The van der Waals surface area contributed by atoms with Crippen molar-refractivity contribution in [2.24, 2.45) is 0 Å². The Morgan fingerprint density at radius 1 is 0.422 bits per heavy atom. The molecule has 3 nitrogen and oxygen atoms in total. The Labute approximate surface area is 279 Å². The molecule has 0 aliphatic rings. The molecule has 0 heterocycles. The summed E-state index contributed by atoms with van der Waals surface area (Å²) in [5, 5.41) is 8.78. The first-order valence-corrected chi connectivity index (χ1v) is 19.7. The van der Waals surface area contributed by atoms with Gasteiger partial charge in [0.1, 0.15) is 5.97 Å². The van der Waals surface area contributed by atoms with Crippen molar-refractivity contribution >= 4 is 5.97 Å². The van der Waals surface area contributed by atoms with E-state index in [1.807, 2.05) is 0 Å². The molecule has 0 saturated carbocycles. The smallest absolute Gasteiger partial charge is 0.430 e. The number of quaternary nitrogens is 1. The van der Waals surface area contributed by atoms with Gasteiger partial charge in [-0.1, -0.05) is 175 Å². The van der Waals surface area contributed by atoms with Gasteiger partial charge in [0.05, 0.1) is 26.7 Å². The third-order valence-electron chi connectivity index (χ3n) is 9.39. The number of carboxylic acids is 1. The van der Waals surface area contributed by atoms with Gasteiger partial charge in [0.2, 0.25) is 0 Å². The maximum atomic E-state index is 10.5. The number of alkyl halides is 3. The van der Waals surface area contributed by atoms with Crippen LogP contribution in [0.3, 0.4) is 0 Å². The highest BCUT2D eigenvalue weighted by Crippen LogP contribution is 2.18. The van der Waals surface area contributed by atoms with Crippen molar-refractivity contribution < 1.29 is 27.6 Å². The summed E-state index contributed by atoms with van der Waals surface area (Å²) in [4.78, 5) is 8.78. The molecule has 0 spiro atoms. The first-order chi connectivity index (χ1) is 21.6. The lowest BCUT2D eigenvalue weighted by atomic mass is 10.0. The third-order valence-corrected chi connectivity index (χ3v) is 9.39. The summed E-state index contributed by atoms with van der Waals surface area (Å²) in [6.45, 7) is 11.3. The Morgan fingerprint density at radius 3 is 0.733 bits per heavy atom. The number of unbranched alkanes of at least 4 members (excludes halogenated alkanes) is 27. The fourth-order valence-electron chi connectivity index (χ4n) is 6.28. The predicted molar refractivity (Wildman–Crippen MR) is 187 cm³/mol. The molecule has 0 aliphatic heterocycles. The molecule has 0 radical (unpaired) electrons. The topological polar surface area (TPSA) is 40.1 Å². The minimum absolute atomic E-state index is 1.37. The molecule has 272 valence electrons. The molecule has 0 atom stereocenters. The Morgan fingerprint density at radius 2 is 0.578 bits per heavy atom. The second-order valence-electron chi connectivity index (χ2n) is 14.1. The van der Waals surface area contributed by atoms with E-state index < -0.39 is 12.1 Å². The van der Waals surface area contributed by atoms with Gasteiger partial charge in [-0.25, -0.2) is 0 Å². The van der Waals surface area contributed by atoms with Gasteiger partial charge in [-0.15, -0.1) is 0 Å². The zero-order valence-electron chi connectivity index (χ0n) is 30.7. The summed E-state index contributed by atoms with van der Waals surface area (Å²) in [5.41, 5.74) is 0. The van der Waals surface area contributed by atoms with E-state index in [4.69, 9.17) is 9.90 Å². The maximum Gasteiger partial charge on any atom is 0.430 e. The standard InChI is InChI=1S/C37H78N.C2HF3O2/c1-5-8-11-14-17-20-23-26-29-32-35-38(4,36-33-30-27-24-21-18-15-12-9-6-2)37-34-31-28-25-22-19-16-13-10-7-3;3-2(4,5)1(6)7/h5-37H2,1-4H3;(H,6,7)/q+1;/p-1. The lowest BCUT2D eigenvalue weighted by Gasteiger charge is -2.35. The van der Waals surface area contributed by atoms with Crippen LogP contribution in [0, 0.1) is 0 Å². The minimum Gasteiger partial charge on any atom is -0.542 e. The number of carboxylic acid groups (broad SMARTS) is 1. The molecule has 0 N–H and O–H groups in total. The highest BCUT2D eigenvalue weighted by molar-refractivity contribution is 5.70. The number of carbonyl (C=O) groups excluding carboxylic acids is 1. The van der Waals surface area contributed by atoms with Gasteiger partial charge in [-0.05, 0) is 38.5 Å². The van der Waals surface area contributed by atoms with Gasteiger partial charge in [0.15, 0.2) is 0 Å². The van der Waals surface area contributed by atoms with E-state index in [0.29, 0.717) is 0 Å². The van der Waals surface area contributed by atoms with Crippen molar-refractivity contribution in [1.82, 2.24) is 0 Å². The fraction of sp³-hybridized carbons (Fsp3) is 0.974.